The molecular formula is C23H29FN2O3. The van der Waals surface area contributed by atoms with Crippen LogP contribution in [0.5, 0.6) is 11.5 Å². The Labute approximate surface area is 171 Å². The molecule has 0 aliphatic carbocycles. The SMILES string of the molecule is CC(C)C(NC(=O)CN(C)Cc1ccccc1F)c1ccc2c(c1)OCCCO2. The summed E-state index contributed by atoms with van der Waals surface area (Å²) in [4.78, 5) is 14.5. The maximum atomic E-state index is 13.8. The average molecular weight is 400 g/mol. The van der Waals surface area contributed by atoms with Crippen molar-refractivity contribution in [3.05, 3.63) is 59.4 Å². The largest absolute Gasteiger partial charge is 0.490 e. The summed E-state index contributed by atoms with van der Waals surface area (Å²) >= 11 is 0. The van der Waals surface area contributed by atoms with Gasteiger partial charge in [0.1, 0.15) is 5.82 Å². The predicted octanol–water partition coefficient (Wildman–Crippen LogP) is 3.93. The second-order valence-corrected chi connectivity index (χ2v) is 7.81. The number of ether oxygens (including phenoxy) is 2. The molecule has 0 bridgehead atoms. The summed E-state index contributed by atoms with van der Waals surface area (Å²) in [7, 11) is 1.81. The Morgan fingerprint density at radius 1 is 1.14 bits per heavy atom. The van der Waals surface area contributed by atoms with Crippen molar-refractivity contribution in [1.29, 1.82) is 0 Å². The van der Waals surface area contributed by atoms with Gasteiger partial charge in [-0.05, 0) is 36.7 Å². The van der Waals surface area contributed by atoms with Gasteiger partial charge in [0.25, 0.3) is 0 Å². The number of fused-ring (bicyclic) bond motifs is 1. The highest BCUT2D eigenvalue weighted by atomic mass is 19.1. The molecule has 29 heavy (non-hydrogen) atoms. The topological polar surface area (TPSA) is 50.8 Å². The van der Waals surface area contributed by atoms with Gasteiger partial charge in [-0.1, -0.05) is 38.1 Å². The molecule has 1 N–H and O–H groups in total. The second-order valence-electron chi connectivity index (χ2n) is 7.81. The van der Waals surface area contributed by atoms with Crippen LogP contribution in [-0.2, 0) is 11.3 Å². The lowest BCUT2D eigenvalue weighted by Crippen LogP contribution is -2.38. The first-order valence-electron chi connectivity index (χ1n) is 10.0. The molecule has 3 rings (SSSR count). The minimum Gasteiger partial charge on any atom is -0.490 e. The summed E-state index contributed by atoms with van der Waals surface area (Å²) in [6.07, 6.45) is 0.850. The summed E-state index contributed by atoms with van der Waals surface area (Å²) in [5.74, 6) is 1.29. The molecule has 1 atom stereocenters. The molecule has 1 unspecified atom stereocenters. The molecule has 1 amide bonds. The van der Waals surface area contributed by atoms with Crippen LogP contribution in [0.3, 0.4) is 0 Å². The van der Waals surface area contributed by atoms with Crippen LogP contribution in [0.15, 0.2) is 42.5 Å². The Morgan fingerprint density at radius 3 is 2.59 bits per heavy atom. The summed E-state index contributed by atoms with van der Waals surface area (Å²) in [5, 5.41) is 3.12. The van der Waals surface area contributed by atoms with Crippen molar-refractivity contribution in [3.63, 3.8) is 0 Å². The average Bonchev–Trinajstić information content (AvgIpc) is 2.92. The number of benzene rings is 2. The summed E-state index contributed by atoms with van der Waals surface area (Å²) < 4.78 is 25.3. The zero-order chi connectivity index (χ0) is 20.8. The number of nitrogens with zero attached hydrogens (tertiary/aromatic N) is 1. The van der Waals surface area contributed by atoms with Gasteiger partial charge >= 0.3 is 0 Å². The van der Waals surface area contributed by atoms with Crippen LogP contribution in [0.4, 0.5) is 4.39 Å². The maximum Gasteiger partial charge on any atom is 0.234 e. The van der Waals surface area contributed by atoms with Crippen molar-refractivity contribution in [1.82, 2.24) is 10.2 Å². The van der Waals surface area contributed by atoms with Crippen molar-refractivity contribution in [3.8, 4) is 11.5 Å². The van der Waals surface area contributed by atoms with Crippen molar-refractivity contribution in [2.45, 2.75) is 32.9 Å². The zero-order valence-electron chi connectivity index (χ0n) is 17.3. The Bertz CT molecular complexity index is 841. The van der Waals surface area contributed by atoms with Crippen LogP contribution in [0.1, 0.15) is 37.4 Å². The lowest BCUT2D eigenvalue weighted by Gasteiger charge is -2.25. The number of likely N-dealkylation sites (N-methyl/N-ethyl adjacent to an activating group) is 1. The smallest absolute Gasteiger partial charge is 0.234 e. The van der Waals surface area contributed by atoms with Crippen molar-refractivity contribution >= 4 is 5.91 Å². The highest BCUT2D eigenvalue weighted by Gasteiger charge is 2.22. The Morgan fingerprint density at radius 2 is 1.86 bits per heavy atom. The Kier molecular flexibility index (Phi) is 7.09. The summed E-state index contributed by atoms with van der Waals surface area (Å²) in [6, 6.07) is 12.3. The normalized spacial score (nSPS) is 14.6. The van der Waals surface area contributed by atoms with Gasteiger partial charge in [-0.3, -0.25) is 9.69 Å². The minimum atomic E-state index is -0.257. The fourth-order valence-corrected chi connectivity index (χ4v) is 3.45. The van der Waals surface area contributed by atoms with Gasteiger partial charge in [-0.25, -0.2) is 4.39 Å². The van der Waals surface area contributed by atoms with E-state index < -0.39 is 0 Å². The molecule has 0 aromatic heterocycles. The van der Waals surface area contributed by atoms with Crippen molar-refractivity contribution in [2.24, 2.45) is 5.92 Å². The molecule has 1 aliphatic rings. The maximum absolute atomic E-state index is 13.8. The van der Waals surface area contributed by atoms with Crippen molar-refractivity contribution in [2.75, 3.05) is 26.8 Å². The molecule has 0 fully saturated rings. The number of halogens is 1. The zero-order valence-corrected chi connectivity index (χ0v) is 17.3. The number of carbonyl (C=O) groups excluding carboxylic acids is 1. The van der Waals surface area contributed by atoms with E-state index in [4.69, 9.17) is 9.47 Å². The number of carbonyl (C=O) groups is 1. The third-order valence-electron chi connectivity index (χ3n) is 4.93. The standard InChI is InChI=1S/C23H29FN2O3/c1-16(2)23(17-9-10-20-21(13-17)29-12-6-11-28-20)25-22(27)15-26(3)14-18-7-4-5-8-19(18)24/h4-5,7-10,13,16,23H,6,11-12,14-15H2,1-3H3,(H,25,27). The lowest BCUT2D eigenvalue weighted by molar-refractivity contribution is -0.123. The molecule has 6 heteroatoms. The van der Waals surface area contributed by atoms with Gasteiger partial charge in [0, 0.05) is 18.5 Å². The van der Waals surface area contributed by atoms with Crippen molar-refractivity contribution < 1.29 is 18.7 Å². The fourth-order valence-electron chi connectivity index (χ4n) is 3.45. The second kappa shape index (κ2) is 9.74. The number of rotatable bonds is 7. The minimum absolute atomic E-state index is 0.102. The molecule has 0 spiro atoms. The van der Waals surface area contributed by atoms with Gasteiger partial charge < -0.3 is 14.8 Å². The first kappa shape index (κ1) is 21.1. The molecule has 0 saturated heterocycles. The van der Waals surface area contributed by atoms with E-state index in [-0.39, 0.29) is 30.2 Å². The van der Waals surface area contributed by atoms with E-state index in [0.29, 0.717) is 25.3 Å². The predicted molar refractivity (Wildman–Crippen MR) is 111 cm³/mol. The van der Waals surface area contributed by atoms with Gasteiger partial charge in [0.15, 0.2) is 11.5 Å². The van der Waals surface area contributed by atoms with Crippen LogP contribution >= 0.6 is 0 Å². The fraction of sp³-hybridized carbons (Fsp3) is 0.435. The quantitative estimate of drug-likeness (QED) is 0.765. The molecule has 2 aromatic rings. The van der Waals surface area contributed by atoms with E-state index in [9.17, 15) is 9.18 Å². The van der Waals surface area contributed by atoms with Gasteiger partial charge in [-0.15, -0.1) is 0 Å². The molecule has 0 saturated carbocycles. The first-order valence-corrected chi connectivity index (χ1v) is 10.0. The number of nitrogens with one attached hydrogen (secondary N) is 1. The third kappa shape index (κ3) is 5.70. The van der Waals surface area contributed by atoms with Gasteiger partial charge in [-0.2, -0.15) is 0 Å². The van der Waals surface area contributed by atoms with Crippen LogP contribution in [-0.4, -0.2) is 37.6 Å². The molecular weight excluding hydrogens is 371 g/mol. The highest BCUT2D eigenvalue weighted by molar-refractivity contribution is 5.78. The summed E-state index contributed by atoms with van der Waals surface area (Å²) in [5.41, 5.74) is 1.56. The van der Waals surface area contributed by atoms with Crippen LogP contribution in [0.2, 0.25) is 0 Å². The van der Waals surface area contributed by atoms with E-state index in [1.165, 1.54) is 6.07 Å². The van der Waals surface area contributed by atoms with Gasteiger partial charge in [0.2, 0.25) is 5.91 Å². The molecule has 1 aliphatic heterocycles. The van der Waals surface area contributed by atoms with E-state index in [1.807, 2.05) is 25.2 Å². The Hall–Kier alpha value is -2.60. The van der Waals surface area contributed by atoms with Gasteiger partial charge in [0.05, 0.1) is 25.8 Å². The lowest BCUT2D eigenvalue weighted by atomic mass is 9.95. The van der Waals surface area contributed by atoms with E-state index in [2.05, 4.69) is 19.2 Å². The van der Waals surface area contributed by atoms with E-state index in [1.54, 1.807) is 23.1 Å². The third-order valence-corrected chi connectivity index (χ3v) is 4.93. The van der Waals surface area contributed by atoms with Crippen LogP contribution < -0.4 is 14.8 Å². The molecule has 2 aromatic carbocycles. The van der Waals surface area contributed by atoms with E-state index >= 15 is 0 Å². The number of hydrogen-bond acceptors (Lipinski definition) is 4. The molecule has 156 valence electrons. The molecule has 0 radical (unpaired) electrons. The van der Waals surface area contributed by atoms with Crippen LogP contribution in [0, 0.1) is 11.7 Å². The number of amides is 1. The molecule has 5 nitrogen and oxygen atoms in total. The Balaban J connectivity index is 1.65. The summed E-state index contributed by atoms with van der Waals surface area (Å²) in [6.45, 7) is 5.95. The first-order chi connectivity index (χ1) is 13.9. The van der Waals surface area contributed by atoms with Crippen LogP contribution in [0.25, 0.3) is 0 Å². The van der Waals surface area contributed by atoms with E-state index in [0.717, 1.165) is 23.5 Å². The highest BCUT2D eigenvalue weighted by Crippen LogP contribution is 2.34. The monoisotopic (exact) mass is 400 g/mol. The molecule has 1 heterocycles. The number of hydrogen-bond donors (Lipinski definition) is 1.